The van der Waals surface area contributed by atoms with Gasteiger partial charge in [0.1, 0.15) is 11.6 Å². The lowest BCUT2D eigenvalue weighted by Gasteiger charge is -2.31. The normalized spacial score (nSPS) is 15.0. The van der Waals surface area contributed by atoms with Crippen molar-refractivity contribution in [3.8, 4) is 0 Å². The van der Waals surface area contributed by atoms with E-state index in [1.165, 1.54) is 0 Å². The van der Waals surface area contributed by atoms with Crippen molar-refractivity contribution in [1.29, 1.82) is 0 Å². The quantitative estimate of drug-likeness (QED) is 0.825. The zero-order valence-corrected chi connectivity index (χ0v) is 14.5. The average molecular weight is 306 g/mol. The molecule has 1 aromatic rings. The number of aromatic nitrogens is 2. The molecule has 1 aliphatic heterocycles. The Kier molecular flexibility index (Phi) is 6.24. The van der Waals surface area contributed by atoms with Crippen LogP contribution in [-0.4, -0.2) is 62.3 Å². The minimum Gasteiger partial charge on any atom is -0.357 e. The minimum absolute atomic E-state index is 0.850. The van der Waals surface area contributed by atoms with Gasteiger partial charge in [-0.25, -0.2) is 0 Å². The van der Waals surface area contributed by atoms with Crippen LogP contribution < -0.4 is 20.0 Å². The van der Waals surface area contributed by atoms with Gasteiger partial charge in [-0.2, -0.15) is 9.97 Å². The van der Waals surface area contributed by atoms with E-state index in [4.69, 9.17) is 9.97 Å². The van der Waals surface area contributed by atoms with Gasteiger partial charge in [0.05, 0.1) is 0 Å². The fourth-order valence-corrected chi connectivity index (χ4v) is 2.82. The molecule has 0 spiro atoms. The van der Waals surface area contributed by atoms with E-state index in [-0.39, 0.29) is 0 Å². The second kappa shape index (κ2) is 8.17. The molecule has 6 heteroatoms. The summed E-state index contributed by atoms with van der Waals surface area (Å²) in [4.78, 5) is 16.5. The Morgan fingerprint density at radius 1 is 0.955 bits per heavy atom. The molecule has 1 aromatic heterocycles. The first-order chi connectivity index (χ1) is 10.7. The van der Waals surface area contributed by atoms with E-state index in [0.29, 0.717) is 0 Å². The molecule has 1 aliphatic rings. The van der Waals surface area contributed by atoms with Crippen molar-refractivity contribution in [2.24, 2.45) is 0 Å². The number of hydrogen-bond donors (Lipinski definition) is 1. The topological polar surface area (TPSA) is 47.5 Å². The number of nitrogens with zero attached hydrogens (tertiary/aromatic N) is 5. The first kappa shape index (κ1) is 16.8. The summed E-state index contributed by atoms with van der Waals surface area (Å²) in [5.74, 6) is 2.94. The van der Waals surface area contributed by atoms with E-state index < -0.39 is 0 Å². The molecular formula is C16H30N6. The van der Waals surface area contributed by atoms with E-state index in [2.05, 4.69) is 53.8 Å². The molecule has 1 saturated heterocycles. The maximum absolute atomic E-state index is 4.84. The molecule has 0 radical (unpaired) electrons. The van der Waals surface area contributed by atoms with Crippen molar-refractivity contribution >= 4 is 17.6 Å². The maximum atomic E-state index is 4.84. The highest BCUT2D eigenvalue weighted by Crippen LogP contribution is 2.23. The first-order valence-electron chi connectivity index (χ1n) is 8.58. The molecular weight excluding hydrogens is 276 g/mol. The van der Waals surface area contributed by atoms with E-state index in [1.54, 1.807) is 0 Å². The highest BCUT2D eigenvalue weighted by molar-refractivity contribution is 5.55. The zero-order chi connectivity index (χ0) is 15.9. The van der Waals surface area contributed by atoms with E-state index >= 15 is 0 Å². The highest BCUT2D eigenvalue weighted by atomic mass is 15.3. The van der Waals surface area contributed by atoms with Gasteiger partial charge in [0.15, 0.2) is 0 Å². The second-order valence-electron chi connectivity index (χ2n) is 5.47. The summed E-state index contributed by atoms with van der Waals surface area (Å²) in [6.45, 7) is 16.5. The van der Waals surface area contributed by atoms with Crippen molar-refractivity contribution in [2.45, 2.75) is 27.7 Å². The molecule has 6 nitrogen and oxygen atoms in total. The summed E-state index contributed by atoms with van der Waals surface area (Å²) in [6.07, 6.45) is 0. The van der Waals surface area contributed by atoms with Crippen LogP contribution in [0.3, 0.4) is 0 Å². The fourth-order valence-electron chi connectivity index (χ4n) is 2.82. The number of nitrogens with one attached hydrogen (secondary N) is 1. The standard InChI is InChI=1S/C16H30N6/c1-5-20(6-2)14-13-15(22-11-9-17-10-12-22)19-16(18-14)21(7-3)8-4/h13,17H,5-12H2,1-4H3. The second-order valence-corrected chi connectivity index (χ2v) is 5.47. The minimum atomic E-state index is 0.850. The van der Waals surface area contributed by atoms with Crippen LogP contribution in [-0.2, 0) is 0 Å². The molecule has 0 atom stereocenters. The summed E-state index contributed by atoms with van der Waals surface area (Å²) >= 11 is 0. The highest BCUT2D eigenvalue weighted by Gasteiger charge is 2.18. The molecule has 0 aliphatic carbocycles. The fraction of sp³-hybridized carbons (Fsp3) is 0.750. The van der Waals surface area contributed by atoms with Crippen LogP contribution in [0.4, 0.5) is 17.6 Å². The Bertz CT molecular complexity index is 420. The van der Waals surface area contributed by atoms with Gasteiger partial charge in [0.2, 0.25) is 5.95 Å². The SMILES string of the molecule is CCN(CC)c1cc(N2CCNCC2)nc(N(CC)CC)n1. The molecule has 0 unspecified atom stereocenters. The Balaban J connectivity index is 2.38. The van der Waals surface area contributed by atoms with Crippen molar-refractivity contribution in [2.75, 3.05) is 67.1 Å². The van der Waals surface area contributed by atoms with Crippen molar-refractivity contribution in [3.05, 3.63) is 6.07 Å². The van der Waals surface area contributed by atoms with Gasteiger partial charge in [0.25, 0.3) is 0 Å². The largest absolute Gasteiger partial charge is 0.357 e. The van der Waals surface area contributed by atoms with Gasteiger partial charge < -0.3 is 20.0 Å². The summed E-state index contributed by atoms with van der Waals surface area (Å²) in [7, 11) is 0. The van der Waals surface area contributed by atoms with Crippen LogP contribution in [0.15, 0.2) is 6.07 Å². The van der Waals surface area contributed by atoms with E-state index in [1.807, 2.05) is 0 Å². The Morgan fingerprint density at radius 2 is 1.55 bits per heavy atom. The first-order valence-corrected chi connectivity index (χ1v) is 8.58. The lowest BCUT2D eigenvalue weighted by atomic mass is 10.3. The van der Waals surface area contributed by atoms with Gasteiger partial charge in [0, 0.05) is 58.4 Å². The van der Waals surface area contributed by atoms with Crippen LogP contribution in [0.25, 0.3) is 0 Å². The number of rotatable bonds is 7. The maximum Gasteiger partial charge on any atom is 0.229 e. The van der Waals surface area contributed by atoms with E-state index in [9.17, 15) is 0 Å². The summed E-state index contributed by atoms with van der Waals surface area (Å²) in [6, 6.07) is 2.14. The summed E-state index contributed by atoms with van der Waals surface area (Å²) < 4.78 is 0. The molecule has 22 heavy (non-hydrogen) atoms. The van der Waals surface area contributed by atoms with Gasteiger partial charge in [-0.1, -0.05) is 0 Å². The van der Waals surface area contributed by atoms with Crippen molar-refractivity contribution in [3.63, 3.8) is 0 Å². The van der Waals surface area contributed by atoms with Gasteiger partial charge in [-0.05, 0) is 27.7 Å². The Hall–Kier alpha value is -1.56. The third kappa shape index (κ3) is 3.80. The van der Waals surface area contributed by atoms with Crippen LogP contribution in [0, 0.1) is 0 Å². The molecule has 0 bridgehead atoms. The molecule has 2 heterocycles. The van der Waals surface area contributed by atoms with Gasteiger partial charge in [-0.3, -0.25) is 0 Å². The van der Waals surface area contributed by atoms with Crippen LogP contribution >= 0.6 is 0 Å². The van der Waals surface area contributed by atoms with Crippen molar-refractivity contribution in [1.82, 2.24) is 15.3 Å². The number of hydrogen-bond acceptors (Lipinski definition) is 6. The molecule has 124 valence electrons. The molecule has 0 saturated carbocycles. The monoisotopic (exact) mass is 306 g/mol. The Labute approximate surface area is 134 Å². The third-order valence-corrected chi connectivity index (χ3v) is 4.26. The van der Waals surface area contributed by atoms with Crippen LogP contribution in [0.2, 0.25) is 0 Å². The smallest absolute Gasteiger partial charge is 0.229 e. The van der Waals surface area contributed by atoms with Crippen LogP contribution in [0.1, 0.15) is 27.7 Å². The number of anilines is 3. The van der Waals surface area contributed by atoms with E-state index in [0.717, 1.165) is 69.9 Å². The third-order valence-electron chi connectivity index (χ3n) is 4.26. The Morgan fingerprint density at radius 3 is 2.09 bits per heavy atom. The van der Waals surface area contributed by atoms with Crippen molar-refractivity contribution < 1.29 is 0 Å². The molecule has 2 rings (SSSR count). The zero-order valence-electron chi connectivity index (χ0n) is 14.5. The van der Waals surface area contributed by atoms with Gasteiger partial charge >= 0.3 is 0 Å². The molecule has 0 aromatic carbocycles. The predicted molar refractivity (Wildman–Crippen MR) is 94.2 cm³/mol. The summed E-state index contributed by atoms with van der Waals surface area (Å²) in [5.41, 5.74) is 0. The lowest BCUT2D eigenvalue weighted by molar-refractivity contribution is 0.584. The average Bonchev–Trinajstić information content (AvgIpc) is 2.58. The molecule has 1 N–H and O–H groups in total. The lowest BCUT2D eigenvalue weighted by Crippen LogP contribution is -2.44. The van der Waals surface area contributed by atoms with Gasteiger partial charge in [-0.15, -0.1) is 0 Å². The molecule has 1 fully saturated rings. The predicted octanol–water partition coefficient (Wildman–Crippen LogP) is 1.58. The summed E-state index contributed by atoms with van der Waals surface area (Å²) in [5, 5.41) is 3.40. The van der Waals surface area contributed by atoms with Crippen LogP contribution in [0.5, 0.6) is 0 Å². The number of piperazine rings is 1. The molecule has 0 amide bonds.